The number of nitrogens with one attached hydrogen (secondary N) is 1. The molecule has 6 heteroatoms. The first-order valence-electron chi connectivity index (χ1n) is 8.78. The number of carbonyl (C=O) groups excluding carboxylic acids is 1. The molecule has 0 bridgehead atoms. The maximum atomic E-state index is 13.2. The Morgan fingerprint density at radius 3 is 2.19 bits per heavy atom. The number of hydrogen-bond acceptors (Lipinski definition) is 2. The SMILES string of the molecule is O=C(Nc1ccccc1N1CCCCCC1)c1ccccc1C(F)(F)F. The van der Waals surface area contributed by atoms with Crippen LogP contribution in [0.3, 0.4) is 0 Å². The van der Waals surface area contributed by atoms with Crippen LogP contribution in [-0.2, 0) is 6.18 Å². The Bertz CT molecular complexity index is 766. The van der Waals surface area contributed by atoms with E-state index in [0.717, 1.165) is 37.7 Å². The Hall–Kier alpha value is -2.50. The van der Waals surface area contributed by atoms with E-state index in [1.165, 1.54) is 31.0 Å². The summed E-state index contributed by atoms with van der Waals surface area (Å²) < 4.78 is 39.5. The largest absolute Gasteiger partial charge is 0.417 e. The lowest BCUT2D eigenvalue weighted by Gasteiger charge is -2.25. The van der Waals surface area contributed by atoms with Crippen molar-refractivity contribution in [3.8, 4) is 0 Å². The van der Waals surface area contributed by atoms with Crippen molar-refractivity contribution in [1.82, 2.24) is 0 Å². The van der Waals surface area contributed by atoms with Gasteiger partial charge in [-0.2, -0.15) is 13.2 Å². The zero-order chi connectivity index (χ0) is 18.6. The fraction of sp³-hybridized carbons (Fsp3) is 0.350. The van der Waals surface area contributed by atoms with E-state index in [4.69, 9.17) is 0 Å². The standard InChI is InChI=1S/C20H21F3N2O/c21-20(22,23)16-10-4-3-9-15(16)19(26)24-17-11-5-6-12-18(17)25-13-7-1-2-8-14-25/h3-6,9-12H,1-2,7-8,13-14H2,(H,24,26). The predicted molar refractivity (Wildman–Crippen MR) is 96.5 cm³/mol. The van der Waals surface area contributed by atoms with Crippen LogP contribution in [0.4, 0.5) is 24.5 Å². The van der Waals surface area contributed by atoms with Gasteiger partial charge in [0.15, 0.2) is 0 Å². The van der Waals surface area contributed by atoms with Crippen molar-refractivity contribution < 1.29 is 18.0 Å². The second kappa shape index (κ2) is 7.81. The number of alkyl halides is 3. The van der Waals surface area contributed by atoms with Crippen molar-refractivity contribution in [2.75, 3.05) is 23.3 Å². The van der Waals surface area contributed by atoms with Crippen molar-refractivity contribution in [2.45, 2.75) is 31.9 Å². The molecule has 2 aromatic rings. The summed E-state index contributed by atoms with van der Waals surface area (Å²) >= 11 is 0. The Morgan fingerprint density at radius 2 is 1.50 bits per heavy atom. The highest BCUT2D eigenvalue weighted by Gasteiger charge is 2.35. The van der Waals surface area contributed by atoms with Crippen LogP contribution in [0.1, 0.15) is 41.6 Å². The van der Waals surface area contributed by atoms with Crippen molar-refractivity contribution in [3.05, 3.63) is 59.7 Å². The van der Waals surface area contributed by atoms with Crippen LogP contribution in [0.2, 0.25) is 0 Å². The lowest BCUT2D eigenvalue weighted by Crippen LogP contribution is -2.26. The van der Waals surface area contributed by atoms with E-state index in [0.29, 0.717) is 5.69 Å². The van der Waals surface area contributed by atoms with E-state index in [1.807, 2.05) is 12.1 Å². The number of carbonyl (C=O) groups is 1. The average Bonchev–Trinajstić information content (AvgIpc) is 2.91. The molecule has 1 saturated heterocycles. The first kappa shape index (κ1) is 18.3. The fourth-order valence-corrected chi connectivity index (χ4v) is 3.28. The molecule has 26 heavy (non-hydrogen) atoms. The summed E-state index contributed by atoms with van der Waals surface area (Å²) in [5, 5.41) is 2.68. The van der Waals surface area contributed by atoms with E-state index in [1.54, 1.807) is 12.1 Å². The smallest absolute Gasteiger partial charge is 0.370 e. The molecule has 2 aromatic carbocycles. The Balaban J connectivity index is 1.87. The van der Waals surface area contributed by atoms with Crippen molar-refractivity contribution >= 4 is 17.3 Å². The van der Waals surface area contributed by atoms with E-state index in [2.05, 4.69) is 10.2 Å². The quantitative estimate of drug-likeness (QED) is 0.799. The van der Waals surface area contributed by atoms with Crippen molar-refractivity contribution in [2.24, 2.45) is 0 Å². The Morgan fingerprint density at radius 1 is 0.885 bits per heavy atom. The molecule has 3 nitrogen and oxygen atoms in total. The third-order valence-corrected chi connectivity index (χ3v) is 4.58. The molecular formula is C20H21F3N2O. The molecule has 0 aliphatic carbocycles. The molecule has 0 unspecified atom stereocenters. The summed E-state index contributed by atoms with van der Waals surface area (Å²) in [4.78, 5) is 14.7. The van der Waals surface area contributed by atoms with Crippen LogP contribution in [0.15, 0.2) is 48.5 Å². The van der Waals surface area contributed by atoms with Gasteiger partial charge in [0.1, 0.15) is 0 Å². The van der Waals surface area contributed by atoms with E-state index < -0.39 is 17.6 Å². The molecule has 1 aliphatic rings. The number of benzene rings is 2. The second-order valence-electron chi connectivity index (χ2n) is 6.42. The van der Waals surface area contributed by atoms with Gasteiger partial charge in [-0.05, 0) is 37.1 Å². The van der Waals surface area contributed by atoms with Crippen LogP contribution in [0.25, 0.3) is 0 Å². The number of para-hydroxylation sites is 2. The second-order valence-corrected chi connectivity index (χ2v) is 6.42. The van der Waals surface area contributed by atoms with Gasteiger partial charge in [-0.3, -0.25) is 4.79 Å². The zero-order valence-corrected chi connectivity index (χ0v) is 14.4. The first-order valence-corrected chi connectivity index (χ1v) is 8.78. The molecule has 1 amide bonds. The minimum Gasteiger partial charge on any atom is -0.370 e. The molecule has 0 saturated carbocycles. The molecule has 1 fully saturated rings. The molecule has 1 N–H and O–H groups in total. The normalized spacial score (nSPS) is 15.4. The molecule has 0 atom stereocenters. The molecule has 0 aromatic heterocycles. The van der Waals surface area contributed by atoms with Crippen LogP contribution in [0.5, 0.6) is 0 Å². The van der Waals surface area contributed by atoms with Gasteiger partial charge in [0.25, 0.3) is 5.91 Å². The Labute approximate surface area is 150 Å². The Kier molecular flexibility index (Phi) is 5.49. The molecule has 138 valence electrons. The molecule has 1 aliphatic heterocycles. The van der Waals surface area contributed by atoms with Gasteiger partial charge in [-0.15, -0.1) is 0 Å². The van der Waals surface area contributed by atoms with Gasteiger partial charge in [0, 0.05) is 13.1 Å². The molecule has 1 heterocycles. The zero-order valence-electron chi connectivity index (χ0n) is 14.4. The van der Waals surface area contributed by atoms with Crippen molar-refractivity contribution in [1.29, 1.82) is 0 Å². The van der Waals surface area contributed by atoms with E-state index >= 15 is 0 Å². The van der Waals surface area contributed by atoms with Crippen LogP contribution in [0, 0.1) is 0 Å². The number of amides is 1. The topological polar surface area (TPSA) is 32.3 Å². The number of halogens is 3. The number of rotatable bonds is 3. The summed E-state index contributed by atoms with van der Waals surface area (Å²) in [6.45, 7) is 1.76. The van der Waals surface area contributed by atoms with Crippen LogP contribution in [-0.4, -0.2) is 19.0 Å². The number of nitrogens with zero attached hydrogens (tertiary/aromatic N) is 1. The molecule has 0 spiro atoms. The predicted octanol–water partition coefficient (Wildman–Crippen LogP) is 5.34. The van der Waals surface area contributed by atoms with E-state index in [-0.39, 0.29) is 5.56 Å². The summed E-state index contributed by atoms with van der Waals surface area (Å²) in [5.74, 6) is -0.750. The van der Waals surface area contributed by atoms with Gasteiger partial charge in [-0.25, -0.2) is 0 Å². The van der Waals surface area contributed by atoms with Crippen molar-refractivity contribution in [3.63, 3.8) is 0 Å². The summed E-state index contributed by atoms with van der Waals surface area (Å²) in [6, 6.07) is 12.1. The monoisotopic (exact) mass is 362 g/mol. The number of hydrogen-bond donors (Lipinski definition) is 1. The van der Waals surface area contributed by atoms with Crippen LogP contribution >= 0.6 is 0 Å². The highest BCUT2D eigenvalue weighted by Crippen LogP contribution is 2.33. The first-order chi connectivity index (χ1) is 12.5. The van der Waals surface area contributed by atoms with Gasteiger partial charge in [0.2, 0.25) is 0 Å². The third kappa shape index (κ3) is 4.18. The summed E-state index contributed by atoms with van der Waals surface area (Å²) in [7, 11) is 0. The summed E-state index contributed by atoms with van der Waals surface area (Å²) in [6.07, 6.45) is -0.0927. The summed E-state index contributed by atoms with van der Waals surface area (Å²) in [5.41, 5.74) is 0.0963. The molecule has 3 rings (SSSR count). The minimum absolute atomic E-state index is 0.370. The number of anilines is 2. The maximum Gasteiger partial charge on any atom is 0.417 e. The lowest BCUT2D eigenvalue weighted by molar-refractivity contribution is -0.137. The third-order valence-electron chi connectivity index (χ3n) is 4.58. The average molecular weight is 362 g/mol. The highest BCUT2D eigenvalue weighted by molar-refractivity contribution is 6.07. The highest BCUT2D eigenvalue weighted by atomic mass is 19.4. The van der Waals surface area contributed by atoms with Gasteiger partial charge in [-0.1, -0.05) is 37.1 Å². The van der Waals surface area contributed by atoms with E-state index in [9.17, 15) is 18.0 Å². The molecular weight excluding hydrogens is 341 g/mol. The lowest BCUT2D eigenvalue weighted by atomic mass is 10.1. The fourth-order valence-electron chi connectivity index (χ4n) is 3.28. The van der Waals surface area contributed by atoms with Gasteiger partial charge in [0.05, 0.1) is 22.5 Å². The van der Waals surface area contributed by atoms with Gasteiger partial charge < -0.3 is 10.2 Å². The van der Waals surface area contributed by atoms with Crippen LogP contribution < -0.4 is 10.2 Å². The van der Waals surface area contributed by atoms with Gasteiger partial charge >= 0.3 is 6.18 Å². The molecule has 0 radical (unpaired) electrons. The maximum absolute atomic E-state index is 13.2. The minimum atomic E-state index is -4.57.